The Morgan fingerprint density at radius 1 is 1.12 bits per heavy atom. The molecule has 0 radical (unpaired) electrons. The Bertz CT molecular complexity index is 1100. The van der Waals surface area contributed by atoms with Gasteiger partial charge in [-0.15, -0.1) is 0 Å². The number of benzene rings is 2. The molecule has 0 spiro atoms. The molecule has 1 saturated heterocycles. The van der Waals surface area contributed by atoms with Crippen molar-refractivity contribution < 1.29 is 19.4 Å². The molecular weight excluding hydrogens is 452 g/mol. The Balaban J connectivity index is 2.15. The first-order valence-corrected chi connectivity index (χ1v) is 11.7. The molecule has 1 heterocycles. The van der Waals surface area contributed by atoms with Gasteiger partial charge in [-0.3, -0.25) is 9.59 Å². The molecule has 34 heavy (non-hydrogen) atoms. The maximum absolute atomic E-state index is 13.2. The van der Waals surface area contributed by atoms with E-state index in [1.54, 1.807) is 48.4 Å². The van der Waals surface area contributed by atoms with Gasteiger partial charge in [0.15, 0.2) is 0 Å². The van der Waals surface area contributed by atoms with Crippen molar-refractivity contribution in [3.05, 3.63) is 69.8 Å². The van der Waals surface area contributed by atoms with Crippen molar-refractivity contribution >= 4 is 29.1 Å². The van der Waals surface area contributed by atoms with Gasteiger partial charge in [0.25, 0.3) is 11.7 Å². The number of nitrogens with zero attached hydrogens (tertiary/aromatic N) is 2. The quantitative estimate of drug-likeness (QED) is 0.339. The van der Waals surface area contributed by atoms with Gasteiger partial charge in [-0.2, -0.15) is 0 Å². The van der Waals surface area contributed by atoms with Crippen LogP contribution in [-0.4, -0.2) is 60.9 Å². The highest BCUT2D eigenvalue weighted by Gasteiger charge is 2.45. The monoisotopic (exact) mass is 484 g/mol. The molecule has 7 heteroatoms. The van der Waals surface area contributed by atoms with E-state index in [-0.39, 0.29) is 16.7 Å². The van der Waals surface area contributed by atoms with Crippen LogP contribution in [0, 0.1) is 0 Å². The summed E-state index contributed by atoms with van der Waals surface area (Å²) in [6, 6.07) is 11.7. The van der Waals surface area contributed by atoms with E-state index in [9.17, 15) is 14.7 Å². The van der Waals surface area contributed by atoms with Gasteiger partial charge in [0, 0.05) is 22.7 Å². The van der Waals surface area contributed by atoms with Crippen LogP contribution in [0.3, 0.4) is 0 Å². The fourth-order valence-corrected chi connectivity index (χ4v) is 4.38. The SMILES string of the molecule is COc1ccc(/C(O)=C2/C(=O)C(=O)N(CCCN(C)C)C2c2ccc(Cl)cc2)cc1C(C)(C)C. The third kappa shape index (κ3) is 5.29. The molecule has 1 atom stereocenters. The van der Waals surface area contributed by atoms with Crippen molar-refractivity contribution in [3.63, 3.8) is 0 Å². The van der Waals surface area contributed by atoms with E-state index in [1.807, 2.05) is 45.8 Å². The average Bonchev–Trinajstić information content (AvgIpc) is 3.03. The van der Waals surface area contributed by atoms with Gasteiger partial charge in [-0.1, -0.05) is 44.5 Å². The van der Waals surface area contributed by atoms with Gasteiger partial charge < -0.3 is 19.6 Å². The minimum Gasteiger partial charge on any atom is -0.507 e. The number of carbonyl (C=O) groups is 2. The Labute approximate surface area is 206 Å². The predicted octanol–water partition coefficient (Wildman–Crippen LogP) is 5.02. The van der Waals surface area contributed by atoms with Crippen molar-refractivity contribution in [3.8, 4) is 5.75 Å². The number of Topliss-reactive ketones (excluding diaryl/α,β-unsaturated/α-hetero) is 1. The first-order valence-electron chi connectivity index (χ1n) is 11.3. The number of likely N-dealkylation sites (tertiary alicyclic amines) is 1. The summed E-state index contributed by atoms with van der Waals surface area (Å²) in [6.45, 7) is 7.30. The van der Waals surface area contributed by atoms with Crippen molar-refractivity contribution in [2.45, 2.75) is 38.6 Å². The number of hydrogen-bond acceptors (Lipinski definition) is 5. The summed E-state index contributed by atoms with van der Waals surface area (Å²) in [4.78, 5) is 29.9. The zero-order valence-electron chi connectivity index (χ0n) is 20.7. The number of amides is 1. The van der Waals surface area contributed by atoms with E-state index in [1.165, 1.54) is 0 Å². The predicted molar refractivity (Wildman–Crippen MR) is 135 cm³/mol. The maximum atomic E-state index is 13.2. The number of methoxy groups -OCH3 is 1. The lowest BCUT2D eigenvalue weighted by molar-refractivity contribution is -0.139. The summed E-state index contributed by atoms with van der Waals surface area (Å²) >= 11 is 6.09. The first-order chi connectivity index (χ1) is 16.0. The van der Waals surface area contributed by atoms with Crippen molar-refractivity contribution in [2.75, 3.05) is 34.3 Å². The standard InChI is InChI=1S/C27H33ClN2O4/c1-27(2,3)20-16-18(10-13-21(20)34-6)24(31)22-23(17-8-11-19(28)12-9-17)30(26(33)25(22)32)15-7-14-29(4)5/h8-13,16,23,31H,7,14-15H2,1-6H3/b24-22-. The van der Waals surface area contributed by atoms with E-state index in [4.69, 9.17) is 16.3 Å². The molecule has 3 rings (SSSR count). The highest BCUT2D eigenvalue weighted by molar-refractivity contribution is 6.46. The second-order valence-electron chi connectivity index (χ2n) is 9.87. The van der Waals surface area contributed by atoms with Crippen molar-refractivity contribution in [1.29, 1.82) is 0 Å². The van der Waals surface area contributed by atoms with Crippen LogP contribution in [0.4, 0.5) is 0 Å². The fourth-order valence-electron chi connectivity index (χ4n) is 4.26. The highest BCUT2D eigenvalue weighted by Crippen LogP contribution is 2.41. The molecule has 0 aromatic heterocycles. The van der Waals surface area contributed by atoms with E-state index in [0.29, 0.717) is 29.3 Å². The fraction of sp³-hybridized carbons (Fsp3) is 0.407. The first kappa shape index (κ1) is 25.8. The maximum Gasteiger partial charge on any atom is 0.295 e. The summed E-state index contributed by atoms with van der Waals surface area (Å²) in [6.07, 6.45) is 0.695. The minimum absolute atomic E-state index is 0.0854. The number of carbonyl (C=O) groups excluding carboxylic acids is 2. The van der Waals surface area contributed by atoms with E-state index in [2.05, 4.69) is 0 Å². The molecule has 2 aromatic rings. The number of halogens is 1. The van der Waals surface area contributed by atoms with Gasteiger partial charge in [0.2, 0.25) is 0 Å². The molecule has 1 amide bonds. The minimum atomic E-state index is -0.695. The van der Waals surface area contributed by atoms with E-state index >= 15 is 0 Å². The van der Waals surface area contributed by atoms with Gasteiger partial charge in [0.05, 0.1) is 18.7 Å². The largest absolute Gasteiger partial charge is 0.507 e. The molecule has 2 aromatic carbocycles. The van der Waals surface area contributed by atoms with Crippen LogP contribution < -0.4 is 4.74 Å². The zero-order chi connectivity index (χ0) is 25.2. The lowest BCUT2D eigenvalue weighted by atomic mass is 9.84. The molecule has 1 fully saturated rings. The number of hydrogen-bond donors (Lipinski definition) is 1. The molecule has 1 N–H and O–H groups in total. The van der Waals surface area contributed by atoms with Gasteiger partial charge in [0.1, 0.15) is 11.5 Å². The lowest BCUT2D eigenvalue weighted by Gasteiger charge is -2.26. The summed E-state index contributed by atoms with van der Waals surface area (Å²) < 4.78 is 5.51. The van der Waals surface area contributed by atoms with Gasteiger partial charge in [-0.25, -0.2) is 0 Å². The molecule has 1 unspecified atom stereocenters. The summed E-state index contributed by atoms with van der Waals surface area (Å²) in [5, 5.41) is 11.9. The van der Waals surface area contributed by atoms with Crippen LogP contribution in [0.25, 0.3) is 5.76 Å². The average molecular weight is 485 g/mol. The van der Waals surface area contributed by atoms with Gasteiger partial charge in [-0.05, 0) is 68.4 Å². The normalized spacial score (nSPS) is 18.1. The van der Waals surface area contributed by atoms with Crippen LogP contribution in [0.2, 0.25) is 5.02 Å². The molecule has 1 aliphatic heterocycles. The van der Waals surface area contributed by atoms with E-state index in [0.717, 1.165) is 17.7 Å². The Hall–Kier alpha value is -2.83. The lowest BCUT2D eigenvalue weighted by Crippen LogP contribution is -2.32. The number of aliphatic hydroxyl groups excluding tert-OH is 1. The third-order valence-corrected chi connectivity index (χ3v) is 6.26. The second-order valence-corrected chi connectivity index (χ2v) is 10.3. The van der Waals surface area contributed by atoms with Crippen LogP contribution in [0.5, 0.6) is 5.75 Å². The van der Waals surface area contributed by atoms with E-state index < -0.39 is 17.7 Å². The molecule has 1 aliphatic rings. The van der Waals surface area contributed by atoms with Crippen LogP contribution >= 0.6 is 11.6 Å². The molecule has 182 valence electrons. The number of ketones is 1. The molecule has 0 aliphatic carbocycles. The van der Waals surface area contributed by atoms with Gasteiger partial charge >= 0.3 is 0 Å². The third-order valence-electron chi connectivity index (χ3n) is 6.01. The van der Waals surface area contributed by atoms with Crippen molar-refractivity contribution in [2.24, 2.45) is 0 Å². The molecule has 0 saturated carbocycles. The Kier molecular flexibility index (Phi) is 7.74. The van der Waals surface area contributed by atoms with Crippen LogP contribution in [0.15, 0.2) is 48.0 Å². The zero-order valence-corrected chi connectivity index (χ0v) is 21.4. The van der Waals surface area contributed by atoms with Crippen LogP contribution in [-0.2, 0) is 15.0 Å². The Morgan fingerprint density at radius 3 is 2.32 bits per heavy atom. The molecule has 6 nitrogen and oxygen atoms in total. The molecular formula is C27H33ClN2O4. The topological polar surface area (TPSA) is 70.1 Å². The van der Waals surface area contributed by atoms with Crippen LogP contribution in [0.1, 0.15) is 49.9 Å². The Morgan fingerprint density at radius 2 is 1.76 bits per heavy atom. The summed E-state index contributed by atoms with van der Waals surface area (Å²) in [5.41, 5.74) is 1.91. The van der Waals surface area contributed by atoms with Crippen molar-refractivity contribution in [1.82, 2.24) is 9.80 Å². The number of ether oxygens (including phenoxy) is 1. The summed E-state index contributed by atoms with van der Waals surface area (Å²) in [5.74, 6) is -0.788. The highest BCUT2D eigenvalue weighted by atomic mass is 35.5. The number of rotatable bonds is 7. The summed E-state index contributed by atoms with van der Waals surface area (Å²) in [7, 11) is 5.52. The second kappa shape index (κ2) is 10.2. The smallest absolute Gasteiger partial charge is 0.295 e. The molecule has 0 bridgehead atoms. The number of aliphatic hydroxyl groups is 1.